The standard InChI is InChI=1S/C13H24N2O3/c1-9-5-6-15(8-10(9)11(16)7-14)12(17)18-13(2,3)4/h9-10H,5-8,14H2,1-4H3. The molecule has 1 heterocycles. The number of carbonyl (C=O) groups excluding carboxylic acids is 2. The molecule has 1 amide bonds. The van der Waals surface area contributed by atoms with Crippen LogP contribution in [0.15, 0.2) is 0 Å². The lowest BCUT2D eigenvalue weighted by Crippen LogP contribution is -2.48. The first kappa shape index (κ1) is 15.0. The fraction of sp³-hybridized carbons (Fsp3) is 0.846. The van der Waals surface area contributed by atoms with Crippen molar-refractivity contribution >= 4 is 11.9 Å². The molecule has 0 aromatic carbocycles. The molecule has 1 saturated heterocycles. The molecule has 0 aliphatic carbocycles. The van der Waals surface area contributed by atoms with Crippen molar-refractivity contribution in [1.29, 1.82) is 0 Å². The third kappa shape index (κ3) is 3.98. The lowest BCUT2D eigenvalue weighted by molar-refractivity contribution is -0.124. The van der Waals surface area contributed by atoms with Crippen molar-refractivity contribution in [2.24, 2.45) is 17.6 Å². The second kappa shape index (κ2) is 5.69. The molecule has 0 saturated carbocycles. The molecule has 18 heavy (non-hydrogen) atoms. The van der Waals surface area contributed by atoms with E-state index in [-0.39, 0.29) is 30.3 Å². The second-order valence-electron chi connectivity index (χ2n) is 5.97. The molecule has 104 valence electrons. The van der Waals surface area contributed by atoms with Crippen LogP contribution in [-0.2, 0) is 9.53 Å². The Hall–Kier alpha value is -1.10. The maximum atomic E-state index is 11.9. The van der Waals surface area contributed by atoms with Crippen molar-refractivity contribution in [2.45, 2.75) is 39.7 Å². The van der Waals surface area contributed by atoms with E-state index in [2.05, 4.69) is 0 Å². The van der Waals surface area contributed by atoms with Crippen LogP contribution in [0.3, 0.4) is 0 Å². The summed E-state index contributed by atoms with van der Waals surface area (Å²) in [5.74, 6) is 0.145. The van der Waals surface area contributed by atoms with Gasteiger partial charge in [-0.1, -0.05) is 6.92 Å². The largest absolute Gasteiger partial charge is 0.444 e. The first-order chi connectivity index (χ1) is 8.24. The molecule has 2 atom stereocenters. The minimum absolute atomic E-state index is 0.0239. The quantitative estimate of drug-likeness (QED) is 0.810. The van der Waals surface area contributed by atoms with E-state index in [0.29, 0.717) is 13.1 Å². The number of piperidine rings is 1. The van der Waals surface area contributed by atoms with Crippen LogP contribution in [-0.4, -0.2) is 42.0 Å². The number of Topliss-reactive ketones (excluding diaryl/α,β-unsaturated/α-hetero) is 1. The summed E-state index contributed by atoms with van der Waals surface area (Å²) in [6, 6.07) is 0. The van der Waals surface area contributed by atoms with Gasteiger partial charge in [-0.05, 0) is 33.1 Å². The van der Waals surface area contributed by atoms with Crippen LogP contribution >= 0.6 is 0 Å². The average Bonchev–Trinajstić information content (AvgIpc) is 2.26. The molecule has 1 aliphatic heterocycles. The number of hydrogen-bond donors (Lipinski definition) is 1. The first-order valence-electron chi connectivity index (χ1n) is 6.45. The molecule has 0 bridgehead atoms. The molecule has 2 N–H and O–H groups in total. The van der Waals surface area contributed by atoms with Crippen molar-refractivity contribution in [1.82, 2.24) is 4.90 Å². The maximum Gasteiger partial charge on any atom is 0.410 e. The van der Waals surface area contributed by atoms with Crippen LogP contribution in [0, 0.1) is 11.8 Å². The highest BCUT2D eigenvalue weighted by Gasteiger charge is 2.34. The summed E-state index contributed by atoms with van der Waals surface area (Å²) in [7, 11) is 0. The molecule has 5 nitrogen and oxygen atoms in total. The number of ether oxygens (including phenoxy) is 1. The zero-order valence-corrected chi connectivity index (χ0v) is 11.7. The number of nitrogens with zero attached hydrogens (tertiary/aromatic N) is 1. The van der Waals surface area contributed by atoms with Gasteiger partial charge < -0.3 is 15.4 Å². The summed E-state index contributed by atoms with van der Waals surface area (Å²) in [4.78, 5) is 25.3. The Morgan fingerprint density at radius 2 is 2.00 bits per heavy atom. The van der Waals surface area contributed by atoms with Crippen LogP contribution in [0.1, 0.15) is 34.1 Å². The van der Waals surface area contributed by atoms with Gasteiger partial charge in [0.2, 0.25) is 0 Å². The Balaban J connectivity index is 2.64. The molecular formula is C13H24N2O3. The monoisotopic (exact) mass is 256 g/mol. The fourth-order valence-electron chi connectivity index (χ4n) is 2.13. The van der Waals surface area contributed by atoms with Gasteiger partial charge in [-0.25, -0.2) is 4.79 Å². The number of hydrogen-bond acceptors (Lipinski definition) is 4. The van der Waals surface area contributed by atoms with Crippen LogP contribution in [0.25, 0.3) is 0 Å². The lowest BCUT2D eigenvalue weighted by Gasteiger charge is -2.36. The van der Waals surface area contributed by atoms with Gasteiger partial charge in [0.25, 0.3) is 0 Å². The average molecular weight is 256 g/mol. The zero-order chi connectivity index (χ0) is 13.9. The van der Waals surface area contributed by atoms with Gasteiger partial charge in [0.1, 0.15) is 5.60 Å². The highest BCUT2D eigenvalue weighted by Crippen LogP contribution is 2.25. The van der Waals surface area contributed by atoms with E-state index in [0.717, 1.165) is 6.42 Å². The smallest absolute Gasteiger partial charge is 0.410 e. The Morgan fingerprint density at radius 1 is 1.39 bits per heavy atom. The van der Waals surface area contributed by atoms with E-state index in [4.69, 9.17) is 10.5 Å². The molecule has 1 rings (SSSR count). The van der Waals surface area contributed by atoms with Crippen molar-refractivity contribution in [2.75, 3.05) is 19.6 Å². The number of rotatable bonds is 2. The first-order valence-corrected chi connectivity index (χ1v) is 6.45. The van der Waals surface area contributed by atoms with Gasteiger partial charge in [-0.3, -0.25) is 4.79 Å². The fourth-order valence-corrected chi connectivity index (χ4v) is 2.13. The van der Waals surface area contributed by atoms with E-state index < -0.39 is 5.60 Å². The summed E-state index contributed by atoms with van der Waals surface area (Å²) >= 11 is 0. The molecule has 1 fully saturated rings. The van der Waals surface area contributed by atoms with E-state index in [1.54, 1.807) is 4.90 Å². The minimum atomic E-state index is -0.506. The van der Waals surface area contributed by atoms with Crippen LogP contribution < -0.4 is 5.73 Å². The topological polar surface area (TPSA) is 72.6 Å². The zero-order valence-electron chi connectivity index (χ0n) is 11.7. The normalized spacial score (nSPS) is 24.8. The number of likely N-dealkylation sites (tertiary alicyclic amines) is 1. The molecule has 2 unspecified atom stereocenters. The summed E-state index contributed by atoms with van der Waals surface area (Å²) in [5.41, 5.74) is 4.90. The lowest BCUT2D eigenvalue weighted by atomic mass is 9.84. The Kier molecular flexibility index (Phi) is 4.73. The van der Waals surface area contributed by atoms with Gasteiger partial charge >= 0.3 is 6.09 Å². The predicted octanol–water partition coefficient (Wildman–Crippen LogP) is 1.41. The molecular weight excluding hydrogens is 232 g/mol. The van der Waals surface area contributed by atoms with E-state index in [9.17, 15) is 9.59 Å². The molecule has 0 aromatic rings. The van der Waals surface area contributed by atoms with Gasteiger partial charge in [0, 0.05) is 19.0 Å². The van der Waals surface area contributed by atoms with Crippen molar-refractivity contribution < 1.29 is 14.3 Å². The summed E-state index contributed by atoms with van der Waals surface area (Å²) in [6.45, 7) is 8.64. The Morgan fingerprint density at radius 3 is 2.50 bits per heavy atom. The molecule has 0 spiro atoms. The molecule has 0 aromatic heterocycles. The van der Waals surface area contributed by atoms with Gasteiger partial charge in [-0.15, -0.1) is 0 Å². The number of nitrogens with two attached hydrogens (primary N) is 1. The van der Waals surface area contributed by atoms with Crippen molar-refractivity contribution in [3.05, 3.63) is 0 Å². The highest BCUT2D eigenvalue weighted by molar-refractivity contribution is 5.84. The number of amides is 1. The van der Waals surface area contributed by atoms with Crippen LogP contribution in [0.5, 0.6) is 0 Å². The summed E-state index contributed by atoms with van der Waals surface area (Å²) < 4.78 is 5.32. The van der Waals surface area contributed by atoms with E-state index >= 15 is 0 Å². The van der Waals surface area contributed by atoms with E-state index in [1.165, 1.54) is 0 Å². The van der Waals surface area contributed by atoms with Gasteiger partial charge in [-0.2, -0.15) is 0 Å². The van der Waals surface area contributed by atoms with E-state index in [1.807, 2.05) is 27.7 Å². The van der Waals surface area contributed by atoms with Crippen LogP contribution in [0.4, 0.5) is 4.79 Å². The predicted molar refractivity (Wildman–Crippen MR) is 69.1 cm³/mol. The summed E-state index contributed by atoms with van der Waals surface area (Å²) in [6.07, 6.45) is 0.472. The number of carbonyl (C=O) groups is 2. The van der Waals surface area contributed by atoms with Crippen molar-refractivity contribution in [3.8, 4) is 0 Å². The Labute approximate surface area is 109 Å². The summed E-state index contributed by atoms with van der Waals surface area (Å²) in [5, 5.41) is 0. The minimum Gasteiger partial charge on any atom is -0.444 e. The third-order valence-corrected chi connectivity index (χ3v) is 3.22. The van der Waals surface area contributed by atoms with Gasteiger partial charge in [0.15, 0.2) is 5.78 Å². The van der Waals surface area contributed by atoms with Gasteiger partial charge in [0.05, 0.1) is 6.54 Å². The number of ketones is 1. The molecule has 0 radical (unpaired) electrons. The molecule has 5 heteroatoms. The Bertz CT molecular complexity index is 323. The van der Waals surface area contributed by atoms with Crippen molar-refractivity contribution in [3.63, 3.8) is 0 Å². The molecule has 1 aliphatic rings. The van der Waals surface area contributed by atoms with Crippen LogP contribution in [0.2, 0.25) is 0 Å². The SMILES string of the molecule is CC1CCN(C(=O)OC(C)(C)C)CC1C(=O)CN. The third-order valence-electron chi connectivity index (χ3n) is 3.22. The maximum absolute atomic E-state index is 11.9. The highest BCUT2D eigenvalue weighted by atomic mass is 16.6. The second-order valence-corrected chi connectivity index (χ2v) is 5.97.